The number of amides is 1. The topological polar surface area (TPSA) is 45.9 Å². The van der Waals surface area contributed by atoms with E-state index in [1.807, 2.05) is 4.90 Å². The van der Waals surface area contributed by atoms with Gasteiger partial charge in [0, 0.05) is 38.6 Å². The summed E-state index contributed by atoms with van der Waals surface area (Å²) in [6.07, 6.45) is 1.68. The number of likely N-dealkylation sites (tertiary alicyclic amines) is 1. The van der Waals surface area contributed by atoms with Crippen LogP contribution >= 0.6 is 11.3 Å². The van der Waals surface area contributed by atoms with Crippen LogP contribution in [0.15, 0.2) is 39.6 Å². The van der Waals surface area contributed by atoms with Gasteiger partial charge < -0.3 is 14.1 Å². The minimum absolute atomic E-state index is 0.0314. The van der Waals surface area contributed by atoms with Crippen molar-refractivity contribution in [2.24, 2.45) is 5.92 Å². The number of rotatable bonds is 3. The van der Waals surface area contributed by atoms with Gasteiger partial charge in [0.1, 0.15) is 0 Å². The molecule has 5 nitrogen and oxygen atoms in total. The van der Waals surface area contributed by atoms with E-state index < -0.39 is 0 Å². The monoisotopic (exact) mass is 332 g/mol. The summed E-state index contributed by atoms with van der Waals surface area (Å²) < 4.78 is 11.2. The van der Waals surface area contributed by atoms with E-state index in [9.17, 15) is 4.79 Å². The number of hydrogen-bond acceptors (Lipinski definition) is 5. The van der Waals surface area contributed by atoms with Crippen molar-refractivity contribution in [1.82, 2.24) is 9.80 Å². The van der Waals surface area contributed by atoms with Crippen LogP contribution in [-0.4, -0.2) is 54.6 Å². The van der Waals surface area contributed by atoms with E-state index in [0.717, 1.165) is 32.8 Å². The summed E-state index contributed by atoms with van der Waals surface area (Å²) >= 11 is 1.73. The minimum Gasteiger partial charge on any atom is -0.459 e. The molecule has 0 saturated carbocycles. The molecule has 4 rings (SSSR count). The second kappa shape index (κ2) is 6.47. The fourth-order valence-corrected chi connectivity index (χ4v) is 4.13. The van der Waals surface area contributed by atoms with Crippen molar-refractivity contribution in [3.05, 3.63) is 46.5 Å². The predicted octanol–water partition coefficient (Wildman–Crippen LogP) is 2.31. The molecule has 6 heteroatoms. The van der Waals surface area contributed by atoms with Crippen molar-refractivity contribution >= 4 is 17.2 Å². The van der Waals surface area contributed by atoms with Crippen molar-refractivity contribution in [2.45, 2.75) is 12.6 Å². The van der Waals surface area contributed by atoms with Crippen LogP contribution in [-0.2, 0) is 11.3 Å². The molecule has 0 spiro atoms. The zero-order valence-corrected chi connectivity index (χ0v) is 13.7. The van der Waals surface area contributed by atoms with Crippen molar-refractivity contribution < 1.29 is 13.9 Å². The van der Waals surface area contributed by atoms with E-state index in [-0.39, 0.29) is 12.0 Å². The molecule has 0 unspecified atom stereocenters. The molecule has 2 atom stereocenters. The molecule has 122 valence electrons. The van der Waals surface area contributed by atoms with E-state index in [1.165, 1.54) is 5.56 Å². The molecule has 2 aliphatic rings. The Hall–Kier alpha value is -1.63. The third-order valence-corrected chi connectivity index (χ3v) is 5.35. The molecule has 0 aromatic carbocycles. The second-order valence-electron chi connectivity index (χ2n) is 6.22. The number of hydrogen-bond donors (Lipinski definition) is 0. The number of fused-ring (bicyclic) bond motifs is 1. The molecule has 0 bridgehead atoms. The van der Waals surface area contributed by atoms with Crippen molar-refractivity contribution in [3.63, 3.8) is 0 Å². The van der Waals surface area contributed by atoms with Gasteiger partial charge in [0.05, 0.1) is 19.0 Å². The smallest absolute Gasteiger partial charge is 0.289 e. The van der Waals surface area contributed by atoms with Gasteiger partial charge in [-0.1, -0.05) is 0 Å². The Morgan fingerprint density at radius 1 is 1.30 bits per heavy atom. The number of carbonyl (C=O) groups excluding carboxylic acids is 1. The van der Waals surface area contributed by atoms with Gasteiger partial charge in [-0.25, -0.2) is 0 Å². The molecule has 2 aromatic rings. The maximum atomic E-state index is 12.4. The molecular formula is C17H20N2O3S. The van der Waals surface area contributed by atoms with Gasteiger partial charge in [0.2, 0.25) is 0 Å². The standard InChI is InChI=1S/C17H20N2O3S/c20-17(15-2-1-5-21-15)19-10-14-9-18(4-6-22-16(14)11-19)8-13-3-7-23-12-13/h1-3,5,7,12,14,16H,4,6,8-11H2/t14-,16+/m0/s1. The lowest BCUT2D eigenvalue weighted by Crippen LogP contribution is -2.33. The first-order valence-corrected chi connectivity index (χ1v) is 8.91. The number of carbonyl (C=O) groups is 1. The zero-order valence-electron chi connectivity index (χ0n) is 12.9. The highest BCUT2D eigenvalue weighted by molar-refractivity contribution is 7.07. The summed E-state index contributed by atoms with van der Waals surface area (Å²) in [6, 6.07) is 5.65. The normalized spacial score (nSPS) is 25.3. The van der Waals surface area contributed by atoms with Gasteiger partial charge in [0.25, 0.3) is 5.91 Å². The Kier molecular flexibility index (Phi) is 4.20. The Labute approximate surface area is 139 Å². The van der Waals surface area contributed by atoms with Gasteiger partial charge in [-0.3, -0.25) is 9.69 Å². The average Bonchev–Trinajstić information content (AvgIpc) is 3.28. The van der Waals surface area contributed by atoms with Crippen molar-refractivity contribution in [1.29, 1.82) is 0 Å². The van der Waals surface area contributed by atoms with Crippen LogP contribution in [0.4, 0.5) is 0 Å². The van der Waals surface area contributed by atoms with Crippen LogP contribution in [0.1, 0.15) is 16.1 Å². The van der Waals surface area contributed by atoms with Gasteiger partial charge in [-0.2, -0.15) is 11.3 Å². The van der Waals surface area contributed by atoms with E-state index in [2.05, 4.69) is 21.7 Å². The van der Waals surface area contributed by atoms with E-state index in [4.69, 9.17) is 9.15 Å². The SMILES string of the molecule is O=C(c1ccco1)N1C[C@@H]2CN(Cc3ccsc3)CCO[C@@H]2C1. The van der Waals surface area contributed by atoms with Crippen molar-refractivity contribution in [3.8, 4) is 0 Å². The quantitative estimate of drug-likeness (QED) is 0.865. The molecule has 2 aromatic heterocycles. The summed E-state index contributed by atoms with van der Waals surface area (Å²) in [4.78, 5) is 16.7. The number of ether oxygens (including phenoxy) is 1. The van der Waals surface area contributed by atoms with Crippen LogP contribution in [0.5, 0.6) is 0 Å². The Morgan fingerprint density at radius 2 is 2.26 bits per heavy atom. The lowest BCUT2D eigenvalue weighted by atomic mass is 10.1. The minimum atomic E-state index is -0.0314. The third kappa shape index (κ3) is 3.20. The third-order valence-electron chi connectivity index (χ3n) is 4.62. The van der Waals surface area contributed by atoms with Crippen LogP contribution < -0.4 is 0 Å². The maximum absolute atomic E-state index is 12.4. The van der Waals surface area contributed by atoms with Gasteiger partial charge >= 0.3 is 0 Å². The largest absolute Gasteiger partial charge is 0.459 e. The van der Waals surface area contributed by atoms with Gasteiger partial charge in [-0.15, -0.1) is 0 Å². The number of nitrogens with zero attached hydrogens (tertiary/aromatic N) is 2. The lowest BCUT2D eigenvalue weighted by Gasteiger charge is -2.22. The van der Waals surface area contributed by atoms with E-state index in [1.54, 1.807) is 29.7 Å². The Bertz CT molecular complexity index is 641. The van der Waals surface area contributed by atoms with Crippen LogP contribution in [0.25, 0.3) is 0 Å². The fraction of sp³-hybridized carbons (Fsp3) is 0.471. The highest BCUT2D eigenvalue weighted by Crippen LogP contribution is 2.26. The second-order valence-corrected chi connectivity index (χ2v) is 7.00. The summed E-state index contributed by atoms with van der Waals surface area (Å²) in [7, 11) is 0. The first kappa shape index (κ1) is 14.9. The molecular weight excluding hydrogens is 312 g/mol. The predicted molar refractivity (Wildman–Crippen MR) is 87.4 cm³/mol. The Morgan fingerprint density at radius 3 is 3.04 bits per heavy atom. The molecule has 0 N–H and O–H groups in total. The van der Waals surface area contributed by atoms with Crippen LogP contribution in [0.2, 0.25) is 0 Å². The molecule has 2 fully saturated rings. The molecule has 0 radical (unpaired) electrons. The number of furan rings is 1. The highest BCUT2D eigenvalue weighted by Gasteiger charge is 2.39. The molecule has 2 aliphatic heterocycles. The zero-order chi connectivity index (χ0) is 15.6. The first-order chi connectivity index (χ1) is 11.3. The number of thiophene rings is 1. The summed E-state index contributed by atoms with van der Waals surface area (Å²) in [5.74, 6) is 0.752. The van der Waals surface area contributed by atoms with Crippen molar-refractivity contribution in [2.75, 3.05) is 32.8 Å². The van der Waals surface area contributed by atoms with Gasteiger partial charge in [-0.05, 0) is 34.5 Å². The highest BCUT2D eigenvalue weighted by atomic mass is 32.1. The molecule has 4 heterocycles. The Balaban J connectivity index is 1.41. The maximum Gasteiger partial charge on any atom is 0.289 e. The molecule has 1 amide bonds. The summed E-state index contributed by atoms with van der Waals surface area (Å²) in [6.45, 7) is 5.02. The lowest BCUT2D eigenvalue weighted by molar-refractivity contribution is 0.0476. The molecule has 23 heavy (non-hydrogen) atoms. The van der Waals surface area contributed by atoms with Crippen LogP contribution in [0, 0.1) is 5.92 Å². The summed E-state index contributed by atoms with van der Waals surface area (Å²) in [5.41, 5.74) is 1.36. The van der Waals surface area contributed by atoms with Gasteiger partial charge in [0.15, 0.2) is 5.76 Å². The van der Waals surface area contributed by atoms with Crippen LogP contribution in [0.3, 0.4) is 0 Å². The first-order valence-electron chi connectivity index (χ1n) is 7.97. The molecule has 0 aliphatic carbocycles. The fourth-order valence-electron chi connectivity index (χ4n) is 3.47. The summed E-state index contributed by atoms with van der Waals surface area (Å²) in [5, 5.41) is 4.32. The average molecular weight is 332 g/mol. The van der Waals surface area contributed by atoms with E-state index >= 15 is 0 Å². The van der Waals surface area contributed by atoms with E-state index in [0.29, 0.717) is 18.2 Å². The molecule has 2 saturated heterocycles.